The van der Waals surface area contributed by atoms with Gasteiger partial charge < -0.3 is 19.5 Å². The SMILES string of the molecule is CCOc1cc(C(=O)NC(C)C)cc(OCC)c1OC. The van der Waals surface area contributed by atoms with E-state index in [1.807, 2.05) is 27.7 Å². The standard InChI is InChI=1S/C15H23NO4/c1-6-19-12-8-11(15(17)16-10(3)4)9-13(20-7-2)14(12)18-5/h8-10H,6-7H2,1-5H3,(H,16,17). The fourth-order valence-corrected chi connectivity index (χ4v) is 1.78. The summed E-state index contributed by atoms with van der Waals surface area (Å²) >= 11 is 0. The fraction of sp³-hybridized carbons (Fsp3) is 0.533. The lowest BCUT2D eigenvalue weighted by molar-refractivity contribution is 0.0942. The van der Waals surface area contributed by atoms with Crippen molar-refractivity contribution in [2.45, 2.75) is 33.7 Å². The molecule has 0 radical (unpaired) electrons. The summed E-state index contributed by atoms with van der Waals surface area (Å²) < 4.78 is 16.4. The molecule has 0 aliphatic heterocycles. The van der Waals surface area contributed by atoms with Gasteiger partial charge in [-0.1, -0.05) is 0 Å². The molecule has 0 bridgehead atoms. The Morgan fingerprint density at radius 3 is 2.00 bits per heavy atom. The first-order valence-corrected chi connectivity index (χ1v) is 6.81. The van der Waals surface area contributed by atoms with Crippen molar-refractivity contribution in [1.82, 2.24) is 5.32 Å². The van der Waals surface area contributed by atoms with E-state index < -0.39 is 0 Å². The van der Waals surface area contributed by atoms with Gasteiger partial charge in [0.2, 0.25) is 5.75 Å². The van der Waals surface area contributed by atoms with Gasteiger partial charge in [-0.3, -0.25) is 4.79 Å². The summed E-state index contributed by atoms with van der Waals surface area (Å²) in [5.41, 5.74) is 0.492. The number of hydrogen-bond acceptors (Lipinski definition) is 4. The topological polar surface area (TPSA) is 56.8 Å². The number of ether oxygens (including phenoxy) is 3. The second kappa shape index (κ2) is 7.62. The summed E-state index contributed by atoms with van der Waals surface area (Å²) in [5.74, 6) is 1.36. The first kappa shape index (κ1) is 16.1. The van der Waals surface area contributed by atoms with Crippen LogP contribution in [-0.2, 0) is 0 Å². The Kier molecular flexibility index (Phi) is 6.15. The zero-order valence-corrected chi connectivity index (χ0v) is 12.8. The first-order chi connectivity index (χ1) is 9.53. The summed E-state index contributed by atoms with van der Waals surface area (Å²) in [7, 11) is 1.55. The number of nitrogens with one attached hydrogen (secondary N) is 1. The molecular formula is C15H23NO4. The van der Waals surface area contributed by atoms with Crippen LogP contribution in [-0.4, -0.2) is 32.3 Å². The normalized spacial score (nSPS) is 10.3. The van der Waals surface area contributed by atoms with Crippen LogP contribution in [0.15, 0.2) is 12.1 Å². The minimum atomic E-state index is -0.162. The van der Waals surface area contributed by atoms with E-state index in [4.69, 9.17) is 14.2 Å². The molecule has 0 aliphatic rings. The zero-order valence-electron chi connectivity index (χ0n) is 12.8. The van der Waals surface area contributed by atoms with Crippen LogP contribution >= 0.6 is 0 Å². The molecule has 0 aromatic heterocycles. The molecule has 0 saturated carbocycles. The number of hydrogen-bond donors (Lipinski definition) is 1. The third kappa shape index (κ3) is 4.05. The maximum Gasteiger partial charge on any atom is 0.251 e. The van der Waals surface area contributed by atoms with Gasteiger partial charge in [0.1, 0.15) is 0 Å². The molecule has 1 aromatic rings. The molecule has 1 rings (SSSR count). The van der Waals surface area contributed by atoms with E-state index in [0.29, 0.717) is 36.0 Å². The second-order valence-electron chi connectivity index (χ2n) is 4.50. The van der Waals surface area contributed by atoms with Crippen molar-refractivity contribution < 1.29 is 19.0 Å². The Balaban J connectivity index is 3.22. The molecule has 1 N–H and O–H groups in total. The monoisotopic (exact) mass is 281 g/mol. The lowest BCUT2D eigenvalue weighted by Crippen LogP contribution is -2.30. The van der Waals surface area contributed by atoms with Gasteiger partial charge in [0.15, 0.2) is 11.5 Å². The van der Waals surface area contributed by atoms with Crippen molar-refractivity contribution in [3.63, 3.8) is 0 Å². The first-order valence-electron chi connectivity index (χ1n) is 6.81. The van der Waals surface area contributed by atoms with Gasteiger partial charge in [-0.15, -0.1) is 0 Å². The van der Waals surface area contributed by atoms with Crippen molar-refractivity contribution in [3.05, 3.63) is 17.7 Å². The van der Waals surface area contributed by atoms with Crippen molar-refractivity contribution in [1.29, 1.82) is 0 Å². The van der Waals surface area contributed by atoms with Crippen LogP contribution in [0.5, 0.6) is 17.2 Å². The Morgan fingerprint density at radius 1 is 1.15 bits per heavy atom. The average molecular weight is 281 g/mol. The summed E-state index contributed by atoms with van der Waals surface area (Å²) in [4.78, 5) is 12.1. The van der Waals surface area contributed by atoms with Crippen LogP contribution in [0.25, 0.3) is 0 Å². The fourth-order valence-electron chi connectivity index (χ4n) is 1.78. The molecule has 112 valence electrons. The highest BCUT2D eigenvalue weighted by molar-refractivity contribution is 5.95. The largest absolute Gasteiger partial charge is 0.490 e. The maximum absolute atomic E-state index is 12.1. The highest BCUT2D eigenvalue weighted by Crippen LogP contribution is 2.38. The number of amides is 1. The average Bonchev–Trinajstić information content (AvgIpc) is 2.38. The van der Waals surface area contributed by atoms with Gasteiger partial charge in [0.25, 0.3) is 5.91 Å². The predicted octanol–water partition coefficient (Wildman–Crippen LogP) is 2.63. The molecule has 5 nitrogen and oxygen atoms in total. The van der Waals surface area contributed by atoms with Crippen LogP contribution in [0.2, 0.25) is 0 Å². The third-order valence-electron chi connectivity index (χ3n) is 2.51. The summed E-state index contributed by atoms with van der Waals surface area (Å²) in [5, 5.41) is 2.84. The highest BCUT2D eigenvalue weighted by atomic mass is 16.5. The molecule has 0 saturated heterocycles. The number of methoxy groups -OCH3 is 1. The molecule has 1 amide bonds. The summed E-state index contributed by atoms with van der Waals surface area (Å²) in [6.07, 6.45) is 0. The van der Waals surface area contributed by atoms with Crippen LogP contribution in [0.4, 0.5) is 0 Å². The summed E-state index contributed by atoms with van der Waals surface area (Å²) in [6.45, 7) is 8.54. The van der Waals surface area contributed by atoms with E-state index in [-0.39, 0.29) is 11.9 Å². The smallest absolute Gasteiger partial charge is 0.251 e. The summed E-state index contributed by atoms with van der Waals surface area (Å²) in [6, 6.07) is 3.40. The quantitative estimate of drug-likeness (QED) is 0.834. The number of carbonyl (C=O) groups is 1. The number of benzene rings is 1. The Labute approximate surface area is 120 Å². The maximum atomic E-state index is 12.1. The molecule has 1 aromatic carbocycles. The molecule has 20 heavy (non-hydrogen) atoms. The zero-order chi connectivity index (χ0) is 15.1. The molecule has 0 aliphatic carbocycles. The Morgan fingerprint density at radius 2 is 1.65 bits per heavy atom. The van der Waals surface area contributed by atoms with Crippen LogP contribution < -0.4 is 19.5 Å². The second-order valence-corrected chi connectivity index (χ2v) is 4.50. The molecule has 0 spiro atoms. The van der Waals surface area contributed by atoms with E-state index >= 15 is 0 Å². The van der Waals surface area contributed by atoms with Crippen molar-refractivity contribution >= 4 is 5.91 Å². The van der Waals surface area contributed by atoms with Gasteiger partial charge in [0, 0.05) is 11.6 Å². The third-order valence-corrected chi connectivity index (χ3v) is 2.51. The molecule has 0 unspecified atom stereocenters. The van der Waals surface area contributed by atoms with Gasteiger partial charge in [-0.2, -0.15) is 0 Å². The van der Waals surface area contributed by atoms with Gasteiger partial charge >= 0.3 is 0 Å². The van der Waals surface area contributed by atoms with E-state index in [1.54, 1.807) is 19.2 Å². The van der Waals surface area contributed by atoms with E-state index in [0.717, 1.165) is 0 Å². The van der Waals surface area contributed by atoms with Crippen molar-refractivity contribution in [2.75, 3.05) is 20.3 Å². The molecule has 0 heterocycles. The molecule has 5 heteroatoms. The van der Waals surface area contributed by atoms with Crippen molar-refractivity contribution in [3.8, 4) is 17.2 Å². The van der Waals surface area contributed by atoms with Crippen LogP contribution in [0.1, 0.15) is 38.1 Å². The van der Waals surface area contributed by atoms with E-state index in [9.17, 15) is 4.79 Å². The number of rotatable bonds is 7. The van der Waals surface area contributed by atoms with Gasteiger partial charge in [0.05, 0.1) is 20.3 Å². The van der Waals surface area contributed by atoms with Crippen LogP contribution in [0, 0.1) is 0 Å². The highest BCUT2D eigenvalue weighted by Gasteiger charge is 2.18. The molecular weight excluding hydrogens is 258 g/mol. The lowest BCUT2D eigenvalue weighted by Gasteiger charge is -2.16. The van der Waals surface area contributed by atoms with Gasteiger partial charge in [-0.05, 0) is 39.8 Å². The van der Waals surface area contributed by atoms with E-state index in [2.05, 4.69) is 5.32 Å². The predicted molar refractivity (Wildman–Crippen MR) is 77.9 cm³/mol. The lowest BCUT2D eigenvalue weighted by atomic mass is 10.1. The van der Waals surface area contributed by atoms with E-state index in [1.165, 1.54) is 0 Å². The Hall–Kier alpha value is -1.91. The van der Waals surface area contributed by atoms with Crippen LogP contribution in [0.3, 0.4) is 0 Å². The van der Waals surface area contributed by atoms with Crippen molar-refractivity contribution in [2.24, 2.45) is 0 Å². The number of carbonyl (C=O) groups excluding carboxylic acids is 1. The minimum absolute atomic E-state index is 0.0655. The molecule has 0 atom stereocenters. The van der Waals surface area contributed by atoms with Gasteiger partial charge in [-0.25, -0.2) is 0 Å². The Bertz CT molecular complexity index is 430. The molecule has 0 fully saturated rings. The minimum Gasteiger partial charge on any atom is -0.490 e.